The number of rotatable bonds is 6. The van der Waals surface area contributed by atoms with Crippen LogP contribution in [0.15, 0.2) is 79.1 Å². The molecule has 0 aliphatic carbocycles. The molecular weight excluding hydrogens is 414 g/mol. The van der Waals surface area contributed by atoms with Crippen LogP contribution in [0.3, 0.4) is 0 Å². The minimum Gasteiger partial charge on any atom is -0.497 e. The van der Waals surface area contributed by atoms with Crippen molar-refractivity contribution in [1.82, 2.24) is 14.8 Å². The van der Waals surface area contributed by atoms with Crippen molar-refractivity contribution in [3.05, 3.63) is 95.8 Å². The lowest BCUT2D eigenvalue weighted by Crippen LogP contribution is -2.59. The number of carbonyl (C=O) groups is 1. The molecule has 1 aromatic heterocycles. The number of hydrogen-bond acceptors (Lipinski definition) is 5. The molecule has 2 fully saturated rings. The quantitative estimate of drug-likeness (QED) is 0.584. The van der Waals surface area contributed by atoms with Gasteiger partial charge in [0, 0.05) is 51.0 Å². The second-order valence-corrected chi connectivity index (χ2v) is 8.81. The van der Waals surface area contributed by atoms with Gasteiger partial charge in [-0.25, -0.2) is 0 Å². The van der Waals surface area contributed by atoms with Gasteiger partial charge in [-0.3, -0.25) is 14.7 Å². The first kappa shape index (κ1) is 21.6. The highest BCUT2D eigenvalue weighted by atomic mass is 16.5. The van der Waals surface area contributed by atoms with E-state index in [1.807, 2.05) is 47.5 Å². The molecule has 2 atom stereocenters. The number of carbonyl (C=O) groups excluding carboxylic acids is 1. The summed E-state index contributed by atoms with van der Waals surface area (Å²) < 4.78 is 11.7. The number of methoxy groups -OCH3 is 1. The molecule has 6 nitrogen and oxygen atoms in total. The van der Waals surface area contributed by atoms with E-state index in [2.05, 4.69) is 40.2 Å². The van der Waals surface area contributed by atoms with Crippen LogP contribution in [0.2, 0.25) is 0 Å². The highest BCUT2D eigenvalue weighted by molar-refractivity contribution is 5.88. The van der Waals surface area contributed by atoms with Gasteiger partial charge in [0.25, 0.3) is 5.91 Å². The minimum atomic E-state index is -0.900. The van der Waals surface area contributed by atoms with Crippen LogP contribution in [0.25, 0.3) is 0 Å². The van der Waals surface area contributed by atoms with Crippen molar-refractivity contribution in [3.8, 4) is 5.75 Å². The molecule has 5 rings (SSSR count). The normalized spacial score (nSPS) is 23.2. The van der Waals surface area contributed by atoms with Crippen LogP contribution in [0.5, 0.6) is 5.75 Å². The largest absolute Gasteiger partial charge is 0.497 e. The van der Waals surface area contributed by atoms with Crippen LogP contribution >= 0.6 is 0 Å². The fraction of sp³-hybridized carbons (Fsp3) is 0.333. The Morgan fingerprint density at radius 3 is 2.55 bits per heavy atom. The van der Waals surface area contributed by atoms with E-state index in [4.69, 9.17) is 9.47 Å². The molecule has 0 saturated carbocycles. The number of ether oxygens (including phenoxy) is 2. The zero-order valence-corrected chi connectivity index (χ0v) is 18.9. The summed E-state index contributed by atoms with van der Waals surface area (Å²) in [7, 11) is 1.67. The molecule has 0 N–H and O–H groups in total. The molecule has 3 aromatic rings. The van der Waals surface area contributed by atoms with E-state index in [1.54, 1.807) is 13.3 Å². The van der Waals surface area contributed by atoms with Crippen molar-refractivity contribution in [2.24, 2.45) is 0 Å². The van der Waals surface area contributed by atoms with Gasteiger partial charge in [0.1, 0.15) is 5.75 Å². The highest BCUT2D eigenvalue weighted by Gasteiger charge is 2.56. The molecule has 0 bridgehead atoms. The van der Waals surface area contributed by atoms with Gasteiger partial charge in [-0.15, -0.1) is 0 Å². The monoisotopic (exact) mass is 443 g/mol. The van der Waals surface area contributed by atoms with E-state index in [9.17, 15) is 4.79 Å². The minimum absolute atomic E-state index is 0.0729. The molecule has 33 heavy (non-hydrogen) atoms. The van der Waals surface area contributed by atoms with E-state index in [1.165, 1.54) is 5.56 Å². The van der Waals surface area contributed by atoms with E-state index >= 15 is 0 Å². The molecule has 6 heteroatoms. The van der Waals surface area contributed by atoms with E-state index in [0.29, 0.717) is 26.2 Å². The molecule has 2 aromatic carbocycles. The summed E-state index contributed by atoms with van der Waals surface area (Å²) in [5, 5.41) is 0. The summed E-state index contributed by atoms with van der Waals surface area (Å²) in [5.41, 5.74) is 2.46. The van der Waals surface area contributed by atoms with Gasteiger partial charge in [-0.2, -0.15) is 0 Å². The summed E-state index contributed by atoms with van der Waals surface area (Å²) in [6, 6.07) is 22.3. The van der Waals surface area contributed by atoms with E-state index < -0.39 is 5.60 Å². The second kappa shape index (κ2) is 9.33. The number of aromatic nitrogens is 1. The number of pyridine rings is 1. The third-order valence-corrected chi connectivity index (χ3v) is 6.70. The van der Waals surface area contributed by atoms with Gasteiger partial charge in [0.05, 0.1) is 13.7 Å². The Morgan fingerprint density at radius 1 is 1.03 bits per heavy atom. The smallest absolute Gasteiger partial charge is 0.257 e. The number of nitrogens with zero attached hydrogens (tertiary/aromatic N) is 3. The number of hydrogen-bond donors (Lipinski definition) is 0. The molecule has 1 spiro atoms. The van der Waals surface area contributed by atoms with Crippen molar-refractivity contribution in [3.63, 3.8) is 0 Å². The van der Waals surface area contributed by atoms with E-state index in [0.717, 1.165) is 30.0 Å². The maximum Gasteiger partial charge on any atom is 0.257 e. The van der Waals surface area contributed by atoms with Crippen LogP contribution < -0.4 is 4.74 Å². The Hall–Kier alpha value is -3.22. The van der Waals surface area contributed by atoms with Crippen molar-refractivity contribution >= 4 is 5.91 Å². The van der Waals surface area contributed by atoms with Crippen LogP contribution in [-0.4, -0.2) is 59.6 Å². The third-order valence-electron chi connectivity index (χ3n) is 6.70. The van der Waals surface area contributed by atoms with Gasteiger partial charge in [-0.1, -0.05) is 48.5 Å². The molecule has 2 saturated heterocycles. The Balaban J connectivity index is 1.42. The first-order valence-corrected chi connectivity index (χ1v) is 11.4. The molecule has 170 valence electrons. The SMILES string of the molecule is COc1ccc(CN2C[C@@H](c3cccnc3)[C@@]3(C2)OCCN(Cc2ccccc2)C3=O)cc1. The van der Waals surface area contributed by atoms with Crippen LogP contribution in [0.1, 0.15) is 22.6 Å². The fourth-order valence-electron chi connectivity index (χ4n) is 5.07. The van der Waals surface area contributed by atoms with Gasteiger partial charge in [0.15, 0.2) is 5.60 Å². The average Bonchev–Trinajstić information content (AvgIpc) is 3.22. The Kier molecular flexibility index (Phi) is 6.11. The molecule has 2 aliphatic rings. The molecule has 3 heterocycles. The van der Waals surface area contributed by atoms with Gasteiger partial charge >= 0.3 is 0 Å². The van der Waals surface area contributed by atoms with Gasteiger partial charge < -0.3 is 14.4 Å². The Labute approximate surface area is 194 Å². The highest BCUT2D eigenvalue weighted by Crippen LogP contribution is 2.42. The molecule has 2 aliphatic heterocycles. The third kappa shape index (κ3) is 4.36. The van der Waals surface area contributed by atoms with Crippen molar-refractivity contribution in [1.29, 1.82) is 0 Å². The van der Waals surface area contributed by atoms with Crippen LogP contribution in [0, 0.1) is 0 Å². The van der Waals surface area contributed by atoms with E-state index in [-0.39, 0.29) is 11.8 Å². The number of benzene rings is 2. The Morgan fingerprint density at radius 2 is 1.82 bits per heavy atom. The summed E-state index contributed by atoms with van der Waals surface area (Å²) in [5.74, 6) is 0.839. The summed E-state index contributed by atoms with van der Waals surface area (Å²) in [6.45, 7) is 3.78. The molecular formula is C27H29N3O3. The van der Waals surface area contributed by atoms with Crippen LogP contribution in [-0.2, 0) is 22.6 Å². The number of amides is 1. The van der Waals surface area contributed by atoms with Crippen molar-refractivity contribution in [2.45, 2.75) is 24.6 Å². The zero-order valence-electron chi connectivity index (χ0n) is 18.9. The van der Waals surface area contributed by atoms with Gasteiger partial charge in [-0.05, 0) is 34.9 Å². The first-order chi connectivity index (χ1) is 16.2. The predicted molar refractivity (Wildman–Crippen MR) is 126 cm³/mol. The zero-order chi connectivity index (χ0) is 22.7. The maximum absolute atomic E-state index is 14.0. The average molecular weight is 444 g/mol. The fourth-order valence-corrected chi connectivity index (χ4v) is 5.07. The van der Waals surface area contributed by atoms with Crippen molar-refractivity contribution in [2.75, 3.05) is 33.4 Å². The maximum atomic E-state index is 14.0. The lowest BCUT2D eigenvalue weighted by Gasteiger charge is -2.42. The summed E-state index contributed by atoms with van der Waals surface area (Å²) in [6.07, 6.45) is 3.64. The predicted octanol–water partition coefficient (Wildman–Crippen LogP) is 3.49. The lowest BCUT2D eigenvalue weighted by molar-refractivity contribution is -0.173. The molecule has 0 unspecified atom stereocenters. The molecule has 0 radical (unpaired) electrons. The first-order valence-electron chi connectivity index (χ1n) is 11.4. The Bertz CT molecular complexity index is 1070. The standard InChI is InChI=1S/C27H29N3O3/c1-32-24-11-9-22(10-12-24)17-29-19-25(23-8-5-13-28-16-23)27(20-29)26(31)30(14-15-33-27)18-21-6-3-2-4-7-21/h2-13,16,25H,14-15,17-20H2,1H3/t25-,27+/m0/s1. The van der Waals surface area contributed by atoms with Crippen molar-refractivity contribution < 1.29 is 14.3 Å². The lowest BCUT2D eigenvalue weighted by atomic mass is 9.83. The van der Waals surface area contributed by atoms with Gasteiger partial charge in [0.2, 0.25) is 0 Å². The molecule has 1 amide bonds. The van der Waals surface area contributed by atoms with Crippen LogP contribution in [0.4, 0.5) is 0 Å². The summed E-state index contributed by atoms with van der Waals surface area (Å²) >= 11 is 0. The summed E-state index contributed by atoms with van der Waals surface area (Å²) in [4.78, 5) is 22.6. The number of likely N-dealkylation sites (tertiary alicyclic amines) is 1. The second-order valence-electron chi connectivity index (χ2n) is 8.81. The number of morpholine rings is 1. The topological polar surface area (TPSA) is 54.9 Å².